The molecule has 0 bridgehead atoms. The fourth-order valence-electron chi connectivity index (χ4n) is 2.00. The van der Waals surface area contributed by atoms with Crippen molar-refractivity contribution in [2.45, 2.75) is 0 Å². The van der Waals surface area contributed by atoms with Crippen LogP contribution in [0.25, 0.3) is 11.0 Å². The van der Waals surface area contributed by atoms with E-state index in [2.05, 4.69) is 9.97 Å². The number of hydrogen-bond acceptors (Lipinski definition) is 2. The summed E-state index contributed by atoms with van der Waals surface area (Å²) in [5.74, 6) is 0.463. The number of halogens is 2. The molecule has 3 aromatic rings. The van der Waals surface area contributed by atoms with Gasteiger partial charge in [-0.15, -0.1) is 24.8 Å². The summed E-state index contributed by atoms with van der Waals surface area (Å²) >= 11 is 0. The highest BCUT2D eigenvalue weighted by Gasteiger charge is 2.15. The minimum Gasteiger partial charge on any atom is -0.412 e. The highest BCUT2D eigenvalue weighted by Crippen LogP contribution is 2.24. The van der Waals surface area contributed by atoms with E-state index in [1.165, 1.54) is 0 Å². The number of hydrogen-bond donors (Lipinski definition) is 3. The molecule has 22 heavy (non-hydrogen) atoms. The Bertz CT molecular complexity index is 699. The molecule has 6 nitrogen and oxygen atoms in total. The van der Waals surface area contributed by atoms with Crippen molar-refractivity contribution >= 4 is 53.4 Å². The fraction of sp³-hybridized carbons (Fsp3) is 0. The molecule has 0 saturated carbocycles. The van der Waals surface area contributed by atoms with Crippen LogP contribution in [0.1, 0.15) is 0 Å². The van der Waals surface area contributed by atoms with Crippen molar-refractivity contribution in [2.75, 3.05) is 4.90 Å². The third-order valence-electron chi connectivity index (χ3n) is 2.84. The summed E-state index contributed by atoms with van der Waals surface area (Å²) < 4.78 is 0. The first-order valence-corrected chi connectivity index (χ1v) is 5.89. The first kappa shape index (κ1) is 19.7. The van der Waals surface area contributed by atoms with Crippen molar-refractivity contribution in [2.24, 2.45) is 5.73 Å². The molecule has 6 N–H and O–H groups in total. The van der Waals surface area contributed by atoms with E-state index in [9.17, 15) is 0 Å². The molecule has 0 saturated heterocycles. The van der Waals surface area contributed by atoms with Crippen molar-refractivity contribution in [3.05, 3.63) is 54.6 Å². The molecule has 3 rings (SSSR count). The third-order valence-corrected chi connectivity index (χ3v) is 2.84. The maximum Gasteiger partial charge on any atom is 0.215 e. The lowest BCUT2D eigenvalue weighted by Gasteiger charge is -2.19. The number of aromatic nitrogens is 2. The molecular formula is C14H17Cl2N5O. The molecular weight excluding hydrogens is 325 g/mol. The largest absolute Gasteiger partial charge is 0.412 e. The lowest BCUT2D eigenvalue weighted by atomic mass is 10.3. The fourth-order valence-corrected chi connectivity index (χ4v) is 2.00. The van der Waals surface area contributed by atoms with E-state index < -0.39 is 0 Å². The minimum absolute atomic E-state index is 0. The number of para-hydroxylation sites is 3. The molecule has 0 unspecified atom stereocenters. The van der Waals surface area contributed by atoms with Gasteiger partial charge < -0.3 is 16.2 Å². The zero-order chi connectivity index (χ0) is 13.2. The summed E-state index contributed by atoms with van der Waals surface area (Å²) in [7, 11) is 0. The Morgan fingerprint density at radius 2 is 1.59 bits per heavy atom. The van der Waals surface area contributed by atoms with Crippen LogP contribution in [0.15, 0.2) is 54.6 Å². The van der Waals surface area contributed by atoms with Crippen LogP contribution in [0.5, 0.6) is 0 Å². The number of aromatic amines is 1. The van der Waals surface area contributed by atoms with E-state index in [1.807, 2.05) is 54.6 Å². The molecule has 8 heteroatoms. The molecule has 2 aromatic carbocycles. The van der Waals surface area contributed by atoms with E-state index >= 15 is 0 Å². The minimum atomic E-state index is -0.0785. The van der Waals surface area contributed by atoms with Gasteiger partial charge in [0.2, 0.25) is 5.95 Å². The van der Waals surface area contributed by atoms with Gasteiger partial charge in [0, 0.05) is 0 Å². The lowest BCUT2D eigenvalue weighted by Crippen LogP contribution is -2.33. The van der Waals surface area contributed by atoms with Crippen molar-refractivity contribution in [1.29, 1.82) is 5.41 Å². The number of fused-ring (bicyclic) bond motifs is 1. The number of guanidine groups is 1. The molecule has 0 atom stereocenters. The molecule has 0 amide bonds. The van der Waals surface area contributed by atoms with Gasteiger partial charge in [0.05, 0.1) is 16.7 Å². The summed E-state index contributed by atoms with van der Waals surface area (Å²) in [6, 6.07) is 17.2. The number of rotatable bonds is 2. The Labute approximate surface area is 140 Å². The Kier molecular flexibility index (Phi) is 7.38. The van der Waals surface area contributed by atoms with Gasteiger partial charge in [-0.05, 0) is 24.3 Å². The maximum absolute atomic E-state index is 7.74. The monoisotopic (exact) mass is 341 g/mol. The summed E-state index contributed by atoms with van der Waals surface area (Å²) in [6.45, 7) is 0. The smallest absolute Gasteiger partial charge is 0.215 e. The quantitative estimate of drug-likeness (QED) is 0.491. The van der Waals surface area contributed by atoms with Crippen LogP contribution >= 0.6 is 24.8 Å². The van der Waals surface area contributed by atoms with Crippen LogP contribution in [0, 0.1) is 5.41 Å². The Balaban J connectivity index is 0.00000147. The van der Waals surface area contributed by atoms with Crippen molar-refractivity contribution in [1.82, 2.24) is 9.97 Å². The Morgan fingerprint density at radius 3 is 2.18 bits per heavy atom. The summed E-state index contributed by atoms with van der Waals surface area (Å²) in [5.41, 5.74) is 8.24. The Hall–Kier alpha value is -2.28. The zero-order valence-corrected chi connectivity index (χ0v) is 13.1. The lowest BCUT2D eigenvalue weighted by molar-refractivity contribution is 0.824. The van der Waals surface area contributed by atoms with Crippen LogP contribution in [0.3, 0.4) is 0 Å². The average molecular weight is 342 g/mol. The highest BCUT2D eigenvalue weighted by atomic mass is 35.5. The summed E-state index contributed by atoms with van der Waals surface area (Å²) in [4.78, 5) is 9.20. The number of anilines is 2. The van der Waals surface area contributed by atoms with Gasteiger partial charge in [-0.2, -0.15) is 0 Å². The second kappa shape index (κ2) is 8.23. The van der Waals surface area contributed by atoms with Crippen LogP contribution in [-0.2, 0) is 0 Å². The predicted molar refractivity (Wildman–Crippen MR) is 94.7 cm³/mol. The molecule has 0 aliphatic carbocycles. The molecule has 1 aromatic heterocycles. The van der Waals surface area contributed by atoms with Gasteiger partial charge >= 0.3 is 0 Å². The predicted octanol–water partition coefficient (Wildman–Crippen LogP) is 2.61. The molecule has 0 fully saturated rings. The second-order valence-electron chi connectivity index (χ2n) is 4.13. The van der Waals surface area contributed by atoms with E-state index in [0.29, 0.717) is 5.95 Å². The maximum atomic E-state index is 7.74. The molecule has 0 aliphatic rings. The van der Waals surface area contributed by atoms with Gasteiger partial charge in [-0.25, -0.2) is 4.98 Å². The van der Waals surface area contributed by atoms with E-state index in [1.54, 1.807) is 4.90 Å². The average Bonchev–Trinajstić information content (AvgIpc) is 2.82. The van der Waals surface area contributed by atoms with E-state index in [4.69, 9.17) is 11.1 Å². The SMILES string of the molecule is Cl.Cl.N=C(N)N(c1ccccc1)c1nc2ccccc2[nH]1.O. The first-order valence-electron chi connectivity index (χ1n) is 5.89. The van der Waals surface area contributed by atoms with Crippen molar-refractivity contribution in [3.8, 4) is 0 Å². The van der Waals surface area contributed by atoms with Gasteiger partial charge in [0.15, 0.2) is 5.96 Å². The Morgan fingerprint density at radius 1 is 1.00 bits per heavy atom. The van der Waals surface area contributed by atoms with Gasteiger partial charge in [0.25, 0.3) is 0 Å². The molecule has 0 spiro atoms. The standard InChI is InChI=1S/C14H13N5.2ClH.H2O/c15-13(16)19(10-6-2-1-3-7-10)14-17-11-8-4-5-9-12(11)18-14;;;/h1-9H,(H3,15,16)(H,17,18);2*1H;1H2. The van der Waals surface area contributed by atoms with Gasteiger partial charge in [-0.3, -0.25) is 10.3 Å². The topological polar surface area (TPSA) is 113 Å². The number of H-pyrrole nitrogens is 1. The van der Waals surface area contributed by atoms with Crippen LogP contribution in [0.4, 0.5) is 11.6 Å². The number of benzene rings is 2. The number of nitrogens with one attached hydrogen (secondary N) is 2. The van der Waals surface area contributed by atoms with Crippen molar-refractivity contribution in [3.63, 3.8) is 0 Å². The molecule has 0 aliphatic heterocycles. The second-order valence-corrected chi connectivity index (χ2v) is 4.13. The number of nitrogens with two attached hydrogens (primary N) is 1. The summed E-state index contributed by atoms with van der Waals surface area (Å²) in [6.07, 6.45) is 0. The third kappa shape index (κ3) is 3.67. The van der Waals surface area contributed by atoms with Crippen LogP contribution in [0.2, 0.25) is 0 Å². The molecule has 0 radical (unpaired) electrons. The van der Waals surface area contributed by atoms with E-state index in [-0.39, 0.29) is 36.2 Å². The number of nitrogens with zero attached hydrogens (tertiary/aromatic N) is 2. The zero-order valence-electron chi connectivity index (χ0n) is 11.5. The molecule has 118 valence electrons. The normalized spacial score (nSPS) is 9.09. The highest BCUT2D eigenvalue weighted by molar-refractivity contribution is 5.99. The van der Waals surface area contributed by atoms with Crippen LogP contribution < -0.4 is 10.6 Å². The van der Waals surface area contributed by atoms with Gasteiger partial charge in [0.1, 0.15) is 0 Å². The van der Waals surface area contributed by atoms with Crippen molar-refractivity contribution < 1.29 is 5.48 Å². The number of imidazole rings is 1. The van der Waals surface area contributed by atoms with Gasteiger partial charge in [-0.1, -0.05) is 30.3 Å². The van der Waals surface area contributed by atoms with E-state index in [0.717, 1.165) is 16.7 Å². The first-order chi connectivity index (χ1) is 9.25. The van der Waals surface area contributed by atoms with Crippen LogP contribution in [-0.4, -0.2) is 21.4 Å². The molecule has 1 heterocycles. The summed E-state index contributed by atoms with van der Waals surface area (Å²) in [5, 5.41) is 7.74.